The van der Waals surface area contributed by atoms with E-state index in [2.05, 4.69) is 0 Å². The number of rotatable bonds is 2. The molecule has 0 radical (unpaired) electrons. The maximum absolute atomic E-state index is 11.9. The fraction of sp³-hybridized carbons (Fsp3) is 0.462. The molecule has 1 aromatic rings. The third-order valence-electron chi connectivity index (χ3n) is 3.36. The molecular weight excluding hydrogens is 240 g/mol. The molecule has 2 atom stereocenters. The molecule has 0 spiro atoms. The molecule has 4 heteroatoms. The molecule has 1 heterocycles. The first-order chi connectivity index (χ1) is 8.20. The lowest BCUT2D eigenvalue weighted by Gasteiger charge is -2.17. The van der Waals surface area contributed by atoms with Crippen molar-refractivity contribution in [3.05, 3.63) is 34.9 Å². The van der Waals surface area contributed by atoms with Gasteiger partial charge in [-0.2, -0.15) is 0 Å². The van der Waals surface area contributed by atoms with Crippen LogP contribution in [0.3, 0.4) is 0 Å². The van der Waals surface area contributed by atoms with Crippen LogP contribution in [0.4, 0.5) is 0 Å². The summed E-state index contributed by atoms with van der Waals surface area (Å²) in [6, 6.07) is 6.70. The monoisotopic (exact) mass is 252 g/mol. The molecule has 17 heavy (non-hydrogen) atoms. The molecule has 0 bridgehead atoms. The number of epoxide rings is 1. The predicted octanol–water partition coefficient (Wildman–Crippen LogP) is 3.17. The van der Waals surface area contributed by atoms with Crippen molar-refractivity contribution in [3.8, 4) is 0 Å². The second-order valence-electron chi connectivity index (χ2n) is 4.56. The Balaban J connectivity index is 1.70. The van der Waals surface area contributed by atoms with Crippen molar-refractivity contribution in [2.75, 3.05) is 0 Å². The molecule has 2 fully saturated rings. The predicted molar refractivity (Wildman–Crippen MR) is 62.9 cm³/mol. The zero-order chi connectivity index (χ0) is 11.9. The highest BCUT2D eigenvalue weighted by Gasteiger charge is 2.61. The van der Waals surface area contributed by atoms with Crippen LogP contribution < -0.4 is 0 Å². The first-order valence-electron chi connectivity index (χ1n) is 5.86. The first-order valence-corrected chi connectivity index (χ1v) is 6.24. The summed E-state index contributed by atoms with van der Waals surface area (Å²) in [5.74, 6) is -0.944. The van der Waals surface area contributed by atoms with Crippen molar-refractivity contribution >= 4 is 17.6 Å². The highest BCUT2D eigenvalue weighted by Crippen LogP contribution is 2.48. The van der Waals surface area contributed by atoms with Crippen LogP contribution in [0.2, 0.25) is 5.02 Å². The van der Waals surface area contributed by atoms with Crippen molar-refractivity contribution in [3.63, 3.8) is 0 Å². The zero-order valence-corrected chi connectivity index (χ0v) is 10.1. The lowest BCUT2D eigenvalue weighted by atomic mass is 9.98. The van der Waals surface area contributed by atoms with Crippen LogP contribution in [-0.4, -0.2) is 17.9 Å². The van der Waals surface area contributed by atoms with Gasteiger partial charge in [0, 0.05) is 11.4 Å². The van der Waals surface area contributed by atoms with E-state index < -0.39 is 5.79 Å². The Morgan fingerprint density at radius 3 is 2.82 bits per heavy atom. The zero-order valence-electron chi connectivity index (χ0n) is 9.32. The Morgan fingerprint density at radius 1 is 1.35 bits per heavy atom. The van der Waals surface area contributed by atoms with Gasteiger partial charge in [0.25, 0.3) is 0 Å². The number of fused-ring (bicyclic) bond motifs is 1. The van der Waals surface area contributed by atoms with Gasteiger partial charge in [0.05, 0.1) is 5.56 Å². The minimum atomic E-state index is -0.616. The first kappa shape index (κ1) is 11.1. The molecule has 0 amide bonds. The van der Waals surface area contributed by atoms with Crippen molar-refractivity contribution in [2.24, 2.45) is 0 Å². The molecule has 0 aromatic heterocycles. The molecule has 0 N–H and O–H groups in total. The van der Waals surface area contributed by atoms with E-state index in [4.69, 9.17) is 21.1 Å². The van der Waals surface area contributed by atoms with E-state index in [0.717, 1.165) is 25.7 Å². The van der Waals surface area contributed by atoms with Gasteiger partial charge in [-0.25, -0.2) is 4.79 Å². The summed E-state index contributed by atoms with van der Waals surface area (Å²) in [7, 11) is 0. The van der Waals surface area contributed by atoms with Gasteiger partial charge in [0.1, 0.15) is 6.10 Å². The molecule has 3 nitrogen and oxygen atoms in total. The molecule has 1 aromatic carbocycles. The van der Waals surface area contributed by atoms with Gasteiger partial charge in [-0.1, -0.05) is 18.0 Å². The van der Waals surface area contributed by atoms with Gasteiger partial charge < -0.3 is 9.47 Å². The number of carbonyl (C=O) groups excluding carboxylic acids is 1. The second-order valence-corrected chi connectivity index (χ2v) is 5.00. The quantitative estimate of drug-likeness (QED) is 0.599. The normalized spacial score (nSPS) is 30.5. The third-order valence-corrected chi connectivity index (χ3v) is 3.61. The van der Waals surface area contributed by atoms with E-state index in [1.54, 1.807) is 24.3 Å². The van der Waals surface area contributed by atoms with Crippen molar-refractivity contribution in [1.82, 2.24) is 0 Å². The summed E-state index contributed by atoms with van der Waals surface area (Å²) in [5.41, 5.74) is 0.517. The van der Waals surface area contributed by atoms with Crippen molar-refractivity contribution in [2.45, 2.75) is 37.6 Å². The summed E-state index contributed by atoms with van der Waals surface area (Å²) in [4.78, 5) is 11.9. The molecule has 3 rings (SSSR count). The van der Waals surface area contributed by atoms with Crippen LogP contribution in [0.15, 0.2) is 24.3 Å². The number of carbonyl (C=O) groups is 1. The second kappa shape index (κ2) is 4.00. The topological polar surface area (TPSA) is 38.8 Å². The van der Waals surface area contributed by atoms with Gasteiger partial charge in [-0.3, -0.25) is 0 Å². The Hall–Kier alpha value is -1.06. The van der Waals surface area contributed by atoms with Crippen LogP contribution in [0.5, 0.6) is 0 Å². The molecule has 90 valence electrons. The number of ether oxygens (including phenoxy) is 2. The minimum absolute atomic E-state index is 0.118. The average molecular weight is 253 g/mol. The molecule has 2 aliphatic rings. The summed E-state index contributed by atoms with van der Waals surface area (Å²) in [5, 5.41) is 0.609. The third kappa shape index (κ3) is 2.05. The molecule has 1 saturated heterocycles. The summed E-state index contributed by atoms with van der Waals surface area (Å²) >= 11 is 5.77. The molecule has 1 aliphatic heterocycles. The maximum Gasteiger partial charge on any atom is 0.340 e. The Kier molecular flexibility index (Phi) is 2.60. The highest BCUT2D eigenvalue weighted by molar-refractivity contribution is 6.30. The van der Waals surface area contributed by atoms with Crippen molar-refractivity contribution in [1.29, 1.82) is 0 Å². The number of hydrogen-bond donors (Lipinski definition) is 0. The van der Waals surface area contributed by atoms with E-state index in [9.17, 15) is 4.79 Å². The highest BCUT2D eigenvalue weighted by atomic mass is 35.5. The fourth-order valence-electron chi connectivity index (χ4n) is 2.35. The Bertz CT molecular complexity index is 442. The number of benzene rings is 1. The van der Waals surface area contributed by atoms with Crippen LogP contribution in [0.25, 0.3) is 0 Å². The van der Waals surface area contributed by atoms with Crippen LogP contribution in [0, 0.1) is 0 Å². The summed E-state index contributed by atoms with van der Waals surface area (Å²) in [6.07, 6.45) is 4.15. The summed E-state index contributed by atoms with van der Waals surface area (Å²) in [6.45, 7) is 0. The number of esters is 1. The summed E-state index contributed by atoms with van der Waals surface area (Å²) < 4.78 is 11.0. The Labute approximate surface area is 105 Å². The molecule has 0 unspecified atom stereocenters. The van der Waals surface area contributed by atoms with E-state index in [-0.39, 0.29) is 12.1 Å². The van der Waals surface area contributed by atoms with Gasteiger partial charge in [0.15, 0.2) is 0 Å². The Morgan fingerprint density at radius 2 is 2.12 bits per heavy atom. The number of halogens is 1. The lowest BCUT2D eigenvalue weighted by Crippen LogP contribution is -2.26. The SMILES string of the molecule is O=C(O[C@]12CCCC[C@H]1O2)c1ccc(Cl)cc1. The lowest BCUT2D eigenvalue weighted by molar-refractivity contribution is -0.0245. The van der Waals surface area contributed by atoms with Crippen LogP contribution in [0.1, 0.15) is 36.0 Å². The van der Waals surface area contributed by atoms with Gasteiger partial charge in [0.2, 0.25) is 5.79 Å². The average Bonchev–Trinajstić information content (AvgIpc) is 3.03. The fourth-order valence-corrected chi connectivity index (χ4v) is 2.48. The van der Waals surface area contributed by atoms with Gasteiger partial charge in [-0.15, -0.1) is 0 Å². The maximum atomic E-state index is 11.9. The minimum Gasteiger partial charge on any atom is -0.427 e. The van der Waals surface area contributed by atoms with Gasteiger partial charge >= 0.3 is 5.97 Å². The van der Waals surface area contributed by atoms with Crippen molar-refractivity contribution < 1.29 is 14.3 Å². The number of hydrogen-bond acceptors (Lipinski definition) is 3. The van der Waals surface area contributed by atoms with E-state index in [0.29, 0.717) is 10.6 Å². The largest absolute Gasteiger partial charge is 0.427 e. The molecule has 1 saturated carbocycles. The van der Waals surface area contributed by atoms with E-state index >= 15 is 0 Å². The molecule has 1 aliphatic carbocycles. The van der Waals surface area contributed by atoms with Crippen LogP contribution >= 0.6 is 11.6 Å². The van der Waals surface area contributed by atoms with E-state index in [1.165, 1.54) is 0 Å². The van der Waals surface area contributed by atoms with E-state index in [1.807, 2.05) is 0 Å². The van der Waals surface area contributed by atoms with Crippen LogP contribution in [-0.2, 0) is 9.47 Å². The molecular formula is C13H13ClO3. The smallest absolute Gasteiger partial charge is 0.340 e. The van der Waals surface area contributed by atoms with Gasteiger partial charge in [-0.05, 0) is 37.1 Å². The standard InChI is InChI=1S/C13H13ClO3/c14-10-6-4-9(5-7-10)12(15)17-13-8-2-1-3-11(13)16-13/h4-7,11H,1-3,8H2/t11-,13-/m1/s1.